The predicted molar refractivity (Wildman–Crippen MR) is 110 cm³/mol. The average Bonchev–Trinajstić information content (AvgIpc) is 3.06. The van der Waals surface area contributed by atoms with Crippen LogP contribution < -0.4 is 14.8 Å². The number of benzene rings is 2. The fraction of sp³-hybridized carbons (Fsp3) is 0.261. The van der Waals surface area contributed by atoms with E-state index in [0.29, 0.717) is 22.9 Å². The predicted octanol–water partition coefficient (Wildman–Crippen LogP) is 3.69. The lowest BCUT2D eigenvalue weighted by Crippen LogP contribution is -2.29. The maximum Gasteiger partial charge on any atom is 0.258 e. The first kappa shape index (κ1) is 19.8. The van der Waals surface area contributed by atoms with Crippen LogP contribution in [0.3, 0.4) is 0 Å². The topological polar surface area (TPSA) is 73.3 Å². The highest BCUT2D eigenvalue weighted by molar-refractivity contribution is 5.77. The molecule has 0 bridgehead atoms. The molecule has 30 heavy (non-hydrogen) atoms. The van der Waals surface area contributed by atoms with Gasteiger partial charge in [-0.05, 0) is 50.2 Å². The van der Waals surface area contributed by atoms with Crippen LogP contribution in [-0.2, 0) is 17.8 Å². The summed E-state index contributed by atoms with van der Waals surface area (Å²) in [6.45, 7) is 4.14. The summed E-state index contributed by atoms with van der Waals surface area (Å²) in [4.78, 5) is 20.6. The van der Waals surface area contributed by atoms with Crippen molar-refractivity contribution in [3.05, 3.63) is 71.9 Å². The lowest BCUT2D eigenvalue weighted by molar-refractivity contribution is -0.123. The highest BCUT2D eigenvalue weighted by Gasteiger charge is 2.32. The molecule has 1 amide bonds. The fourth-order valence-electron chi connectivity index (χ4n) is 3.36. The van der Waals surface area contributed by atoms with Crippen molar-refractivity contribution in [3.8, 4) is 22.8 Å². The Morgan fingerprint density at radius 2 is 2.00 bits per heavy atom. The number of nitrogens with zero attached hydrogens (tertiary/aromatic N) is 2. The fourth-order valence-corrected chi connectivity index (χ4v) is 3.36. The number of hydrogen-bond donors (Lipinski definition) is 1. The van der Waals surface area contributed by atoms with Gasteiger partial charge in [-0.2, -0.15) is 0 Å². The normalized spacial score (nSPS) is 14.0. The van der Waals surface area contributed by atoms with Crippen molar-refractivity contribution in [2.24, 2.45) is 0 Å². The molecule has 2 heterocycles. The summed E-state index contributed by atoms with van der Waals surface area (Å²) in [5, 5.41) is 2.79. The molecule has 0 radical (unpaired) electrons. The zero-order valence-corrected chi connectivity index (χ0v) is 16.8. The van der Waals surface area contributed by atoms with Crippen LogP contribution in [0.25, 0.3) is 11.3 Å². The Labute approximate surface area is 174 Å². The highest BCUT2D eigenvalue weighted by atomic mass is 19.1. The zero-order valence-electron chi connectivity index (χ0n) is 16.8. The second kappa shape index (κ2) is 8.10. The molecule has 4 rings (SSSR count). The zero-order chi connectivity index (χ0) is 21.1. The minimum absolute atomic E-state index is 0.129. The maximum atomic E-state index is 13.1. The smallest absolute Gasteiger partial charge is 0.258 e. The van der Waals surface area contributed by atoms with E-state index in [1.54, 1.807) is 24.3 Å². The number of para-hydroxylation sites is 1. The summed E-state index contributed by atoms with van der Waals surface area (Å²) in [7, 11) is 0. The molecule has 1 aliphatic rings. The molecule has 0 unspecified atom stereocenters. The first-order valence-corrected chi connectivity index (χ1v) is 9.67. The van der Waals surface area contributed by atoms with Gasteiger partial charge in [0.2, 0.25) is 0 Å². The monoisotopic (exact) mass is 407 g/mol. The first-order chi connectivity index (χ1) is 14.4. The number of hydrogen-bond acceptors (Lipinski definition) is 5. The third-order valence-corrected chi connectivity index (χ3v) is 4.74. The van der Waals surface area contributed by atoms with Crippen LogP contribution in [0, 0.1) is 5.82 Å². The summed E-state index contributed by atoms with van der Waals surface area (Å²) < 4.78 is 24.7. The van der Waals surface area contributed by atoms with Gasteiger partial charge in [-0.1, -0.05) is 12.1 Å². The molecule has 2 aromatic carbocycles. The van der Waals surface area contributed by atoms with Gasteiger partial charge in [-0.25, -0.2) is 14.4 Å². The second-order valence-corrected chi connectivity index (χ2v) is 7.75. The molecule has 1 aliphatic heterocycles. The van der Waals surface area contributed by atoms with E-state index in [4.69, 9.17) is 9.47 Å². The van der Waals surface area contributed by atoms with Crippen LogP contribution in [0.5, 0.6) is 11.5 Å². The number of halogens is 1. The van der Waals surface area contributed by atoms with Gasteiger partial charge in [-0.15, -0.1) is 0 Å². The number of amides is 1. The lowest BCUT2D eigenvalue weighted by Gasteiger charge is -2.18. The molecule has 0 spiro atoms. The minimum Gasteiger partial charge on any atom is -0.483 e. The van der Waals surface area contributed by atoms with E-state index in [-0.39, 0.29) is 30.5 Å². The van der Waals surface area contributed by atoms with E-state index < -0.39 is 0 Å². The highest BCUT2D eigenvalue weighted by Crippen LogP contribution is 2.41. The molecule has 3 aromatic rings. The summed E-state index contributed by atoms with van der Waals surface area (Å²) in [5.74, 6) is 0.689. The molecular weight excluding hydrogens is 385 g/mol. The van der Waals surface area contributed by atoms with E-state index in [9.17, 15) is 9.18 Å². The number of carbonyl (C=O) groups excluding carboxylic acids is 1. The largest absolute Gasteiger partial charge is 0.483 e. The van der Waals surface area contributed by atoms with Gasteiger partial charge in [0.05, 0.1) is 17.9 Å². The Hall–Kier alpha value is -3.48. The Morgan fingerprint density at radius 3 is 2.80 bits per heavy atom. The number of carbonyl (C=O) groups is 1. The van der Waals surface area contributed by atoms with Crippen LogP contribution in [-0.4, -0.2) is 28.1 Å². The average molecular weight is 407 g/mol. The van der Waals surface area contributed by atoms with E-state index in [1.807, 2.05) is 26.0 Å². The molecule has 0 saturated carbocycles. The van der Waals surface area contributed by atoms with Crippen molar-refractivity contribution in [2.45, 2.75) is 32.4 Å². The van der Waals surface area contributed by atoms with Gasteiger partial charge in [0.25, 0.3) is 5.91 Å². The number of ether oxygens (including phenoxy) is 2. The quantitative estimate of drug-likeness (QED) is 0.675. The van der Waals surface area contributed by atoms with Crippen molar-refractivity contribution in [1.82, 2.24) is 15.3 Å². The number of rotatable bonds is 6. The van der Waals surface area contributed by atoms with Gasteiger partial charge < -0.3 is 14.8 Å². The second-order valence-electron chi connectivity index (χ2n) is 7.75. The van der Waals surface area contributed by atoms with Crippen LogP contribution in [0.4, 0.5) is 4.39 Å². The Morgan fingerprint density at radius 1 is 1.20 bits per heavy atom. The van der Waals surface area contributed by atoms with E-state index >= 15 is 0 Å². The van der Waals surface area contributed by atoms with Gasteiger partial charge >= 0.3 is 0 Å². The van der Waals surface area contributed by atoms with E-state index in [1.165, 1.54) is 18.5 Å². The molecule has 0 atom stereocenters. The maximum absolute atomic E-state index is 13.1. The van der Waals surface area contributed by atoms with Crippen LogP contribution in [0.1, 0.15) is 25.1 Å². The molecule has 1 aromatic heterocycles. The number of fused-ring (bicyclic) bond motifs is 1. The summed E-state index contributed by atoms with van der Waals surface area (Å²) in [5.41, 5.74) is 2.87. The van der Waals surface area contributed by atoms with Crippen LogP contribution in [0.2, 0.25) is 0 Å². The van der Waals surface area contributed by atoms with Crippen molar-refractivity contribution in [2.75, 3.05) is 6.61 Å². The van der Waals surface area contributed by atoms with E-state index in [0.717, 1.165) is 17.5 Å². The van der Waals surface area contributed by atoms with Gasteiger partial charge in [0.15, 0.2) is 18.1 Å². The van der Waals surface area contributed by atoms with Gasteiger partial charge in [0.1, 0.15) is 17.7 Å². The molecule has 154 valence electrons. The Kier molecular flexibility index (Phi) is 5.35. The van der Waals surface area contributed by atoms with Crippen molar-refractivity contribution in [1.29, 1.82) is 0 Å². The SMILES string of the molecule is CC1(C)Cc2cccc(OCC(=O)NCc3cc(-c4ccc(F)cc4)ncn3)c2O1. The Balaban J connectivity index is 1.34. The summed E-state index contributed by atoms with van der Waals surface area (Å²) in [6, 6.07) is 13.5. The third-order valence-electron chi connectivity index (χ3n) is 4.74. The third kappa shape index (κ3) is 4.56. The van der Waals surface area contributed by atoms with Crippen molar-refractivity contribution < 1.29 is 18.7 Å². The van der Waals surface area contributed by atoms with Gasteiger partial charge in [0, 0.05) is 17.5 Å². The van der Waals surface area contributed by atoms with Crippen molar-refractivity contribution in [3.63, 3.8) is 0 Å². The van der Waals surface area contributed by atoms with Crippen molar-refractivity contribution >= 4 is 5.91 Å². The molecule has 1 N–H and O–H groups in total. The molecular formula is C23H22FN3O3. The Bertz CT molecular complexity index is 1070. The molecule has 0 saturated heterocycles. The standard InChI is InChI=1S/C23H22FN3O3/c1-23(2)11-16-4-3-5-20(22(16)30-23)29-13-21(28)25-12-18-10-19(27-14-26-18)15-6-8-17(24)9-7-15/h3-10,14H,11-13H2,1-2H3,(H,25,28). The van der Waals surface area contributed by atoms with Gasteiger partial charge in [-0.3, -0.25) is 4.79 Å². The number of nitrogens with one attached hydrogen (secondary N) is 1. The summed E-state index contributed by atoms with van der Waals surface area (Å²) in [6.07, 6.45) is 2.22. The van der Waals surface area contributed by atoms with Crippen LogP contribution in [0.15, 0.2) is 54.9 Å². The molecule has 6 nitrogen and oxygen atoms in total. The number of aromatic nitrogens is 2. The summed E-state index contributed by atoms with van der Waals surface area (Å²) >= 11 is 0. The van der Waals surface area contributed by atoms with E-state index in [2.05, 4.69) is 15.3 Å². The lowest BCUT2D eigenvalue weighted by atomic mass is 10.0. The van der Waals surface area contributed by atoms with Crippen LogP contribution >= 0.6 is 0 Å². The molecule has 7 heteroatoms. The first-order valence-electron chi connectivity index (χ1n) is 9.67. The molecule has 0 aliphatic carbocycles. The minimum atomic E-state index is -0.307. The molecule has 0 fully saturated rings.